The molecule has 30 heavy (non-hydrogen) atoms. The van der Waals surface area contributed by atoms with Crippen molar-refractivity contribution >= 4 is 23.2 Å². The molecule has 2 aromatic carbocycles. The zero-order valence-electron chi connectivity index (χ0n) is 17.1. The number of hydrogen-bond donors (Lipinski definition) is 1. The predicted molar refractivity (Wildman–Crippen MR) is 112 cm³/mol. The monoisotopic (exact) mass is 415 g/mol. The highest BCUT2D eigenvalue weighted by atomic mass is 19.1. The third kappa shape index (κ3) is 5.93. The summed E-state index contributed by atoms with van der Waals surface area (Å²) in [7, 11) is 1.54. The molecule has 1 saturated heterocycles. The Hall–Kier alpha value is -3.13. The maximum Gasteiger partial charge on any atom is 0.263 e. The molecule has 2 amide bonds. The van der Waals surface area contributed by atoms with Crippen molar-refractivity contribution in [2.75, 3.05) is 50.1 Å². The van der Waals surface area contributed by atoms with Crippen LogP contribution in [-0.2, 0) is 14.3 Å². The largest absolute Gasteiger partial charge is 0.481 e. The lowest BCUT2D eigenvalue weighted by atomic mass is 10.2. The van der Waals surface area contributed by atoms with E-state index in [9.17, 15) is 14.0 Å². The number of hydrogen-bond acceptors (Lipinski definition) is 5. The van der Waals surface area contributed by atoms with E-state index in [4.69, 9.17) is 9.47 Å². The van der Waals surface area contributed by atoms with E-state index in [-0.39, 0.29) is 24.2 Å². The van der Waals surface area contributed by atoms with Gasteiger partial charge in [-0.05, 0) is 55.5 Å². The van der Waals surface area contributed by atoms with Gasteiger partial charge in [0.05, 0.1) is 19.8 Å². The molecule has 0 bridgehead atoms. The van der Waals surface area contributed by atoms with Crippen LogP contribution in [0.1, 0.15) is 6.92 Å². The quantitative estimate of drug-likeness (QED) is 0.753. The van der Waals surface area contributed by atoms with Crippen molar-refractivity contribution in [2.45, 2.75) is 13.0 Å². The van der Waals surface area contributed by atoms with Crippen LogP contribution in [0.15, 0.2) is 48.5 Å². The first kappa shape index (κ1) is 21.6. The number of nitrogens with zero attached hydrogens (tertiary/aromatic N) is 2. The van der Waals surface area contributed by atoms with Gasteiger partial charge in [-0.2, -0.15) is 0 Å². The normalized spacial score (nSPS) is 14.7. The fraction of sp³-hybridized carbons (Fsp3) is 0.364. The summed E-state index contributed by atoms with van der Waals surface area (Å²) in [5, 5.41) is 2.79. The Bertz CT molecular complexity index is 852. The lowest BCUT2D eigenvalue weighted by molar-refractivity contribution is -0.139. The van der Waals surface area contributed by atoms with Crippen molar-refractivity contribution < 1.29 is 23.5 Å². The Balaban J connectivity index is 1.48. The number of rotatable bonds is 7. The molecule has 7 nitrogen and oxygen atoms in total. The molecular formula is C22H26FN3O4. The van der Waals surface area contributed by atoms with Gasteiger partial charge in [-0.25, -0.2) is 4.39 Å². The van der Waals surface area contributed by atoms with Gasteiger partial charge in [0.2, 0.25) is 5.91 Å². The number of nitrogens with one attached hydrogen (secondary N) is 1. The van der Waals surface area contributed by atoms with Gasteiger partial charge in [-0.3, -0.25) is 9.59 Å². The molecule has 0 aliphatic carbocycles. The summed E-state index contributed by atoms with van der Waals surface area (Å²) < 4.78 is 23.8. The van der Waals surface area contributed by atoms with Crippen molar-refractivity contribution in [1.29, 1.82) is 0 Å². The summed E-state index contributed by atoms with van der Waals surface area (Å²) >= 11 is 0. The topological polar surface area (TPSA) is 71.1 Å². The highest BCUT2D eigenvalue weighted by molar-refractivity contribution is 5.95. The number of benzene rings is 2. The lowest BCUT2D eigenvalue weighted by Crippen LogP contribution is -2.42. The van der Waals surface area contributed by atoms with Gasteiger partial charge in [-0.1, -0.05) is 0 Å². The van der Waals surface area contributed by atoms with Gasteiger partial charge >= 0.3 is 0 Å². The molecule has 0 aromatic heterocycles. The molecule has 1 heterocycles. The Morgan fingerprint density at radius 1 is 1.13 bits per heavy atom. The van der Waals surface area contributed by atoms with E-state index in [1.807, 2.05) is 24.3 Å². The molecule has 8 heteroatoms. The Kier molecular flexibility index (Phi) is 7.24. The van der Waals surface area contributed by atoms with E-state index in [0.717, 1.165) is 18.8 Å². The molecule has 1 unspecified atom stereocenters. The van der Waals surface area contributed by atoms with Gasteiger partial charge in [0, 0.05) is 31.5 Å². The first-order chi connectivity index (χ1) is 14.4. The molecule has 0 spiro atoms. The van der Waals surface area contributed by atoms with E-state index in [1.165, 1.54) is 36.2 Å². The highest BCUT2D eigenvalue weighted by Gasteiger charge is 2.21. The first-order valence-electron chi connectivity index (χ1n) is 9.82. The Labute approximate surface area is 175 Å². The van der Waals surface area contributed by atoms with Gasteiger partial charge in [-0.15, -0.1) is 0 Å². The van der Waals surface area contributed by atoms with Crippen LogP contribution < -0.4 is 15.0 Å². The molecule has 0 saturated carbocycles. The first-order valence-corrected chi connectivity index (χ1v) is 9.82. The van der Waals surface area contributed by atoms with Crippen LogP contribution in [-0.4, -0.2) is 62.7 Å². The number of carbonyl (C=O) groups is 2. The van der Waals surface area contributed by atoms with E-state index in [0.29, 0.717) is 24.7 Å². The highest BCUT2D eigenvalue weighted by Crippen LogP contribution is 2.19. The second-order valence-electron chi connectivity index (χ2n) is 7.10. The minimum atomic E-state index is -0.805. The second-order valence-corrected chi connectivity index (χ2v) is 7.10. The number of ether oxygens (including phenoxy) is 2. The number of anilines is 2. The molecule has 2 aromatic rings. The summed E-state index contributed by atoms with van der Waals surface area (Å²) in [6, 6.07) is 13.0. The van der Waals surface area contributed by atoms with Crippen LogP contribution in [0.4, 0.5) is 15.8 Å². The lowest BCUT2D eigenvalue weighted by Gasteiger charge is -2.29. The van der Waals surface area contributed by atoms with Crippen molar-refractivity contribution in [3.05, 3.63) is 54.3 Å². The van der Waals surface area contributed by atoms with E-state index < -0.39 is 6.10 Å². The smallest absolute Gasteiger partial charge is 0.263 e. The SMILES string of the molecule is CC(Oc1ccc(F)cc1)C(=O)N(C)CC(=O)Nc1ccc(N2CCOCC2)cc1. The number of amides is 2. The van der Waals surface area contributed by atoms with Gasteiger partial charge in [0.1, 0.15) is 11.6 Å². The molecule has 160 valence electrons. The summed E-state index contributed by atoms with van der Waals surface area (Å²) in [5.41, 5.74) is 1.74. The third-order valence-corrected chi connectivity index (χ3v) is 4.76. The van der Waals surface area contributed by atoms with Crippen molar-refractivity contribution in [1.82, 2.24) is 4.90 Å². The molecule has 1 aliphatic heterocycles. The average Bonchev–Trinajstić information content (AvgIpc) is 2.75. The number of carbonyl (C=O) groups excluding carboxylic acids is 2. The van der Waals surface area contributed by atoms with E-state index in [1.54, 1.807) is 6.92 Å². The predicted octanol–water partition coefficient (Wildman–Crippen LogP) is 2.53. The zero-order chi connectivity index (χ0) is 21.5. The maximum absolute atomic E-state index is 13.0. The Morgan fingerprint density at radius 3 is 2.40 bits per heavy atom. The van der Waals surface area contributed by atoms with Crippen LogP contribution in [0.5, 0.6) is 5.75 Å². The maximum atomic E-state index is 13.0. The van der Waals surface area contributed by atoms with E-state index >= 15 is 0 Å². The summed E-state index contributed by atoms with van der Waals surface area (Å²) in [5.74, 6) is -0.653. The van der Waals surface area contributed by atoms with Gasteiger partial charge in [0.25, 0.3) is 5.91 Å². The number of likely N-dealkylation sites (N-methyl/N-ethyl adjacent to an activating group) is 1. The van der Waals surface area contributed by atoms with Crippen molar-refractivity contribution in [3.8, 4) is 5.75 Å². The molecular weight excluding hydrogens is 389 g/mol. The van der Waals surface area contributed by atoms with Gasteiger partial charge < -0.3 is 24.6 Å². The Morgan fingerprint density at radius 2 is 1.77 bits per heavy atom. The van der Waals surface area contributed by atoms with Crippen LogP contribution in [0.3, 0.4) is 0 Å². The molecule has 1 aliphatic rings. The molecule has 1 atom stereocenters. The average molecular weight is 415 g/mol. The summed E-state index contributed by atoms with van der Waals surface area (Å²) in [4.78, 5) is 28.3. The molecule has 0 radical (unpaired) electrons. The van der Waals surface area contributed by atoms with Crippen molar-refractivity contribution in [3.63, 3.8) is 0 Å². The van der Waals surface area contributed by atoms with Crippen LogP contribution in [0, 0.1) is 5.82 Å². The molecule has 1 fully saturated rings. The van der Waals surface area contributed by atoms with E-state index in [2.05, 4.69) is 10.2 Å². The zero-order valence-corrected chi connectivity index (χ0v) is 17.1. The second kappa shape index (κ2) is 10.1. The number of halogens is 1. The molecule has 3 rings (SSSR count). The van der Waals surface area contributed by atoms with Crippen LogP contribution >= 0.6 is 0 Å². The fourth-order valence-electron chi connectivity index (χ4n) is 3.15. The third-order valence-electron chi connectivity index (χ3n) is 4.76. The van der Waals surface area contributed by atoms with Crippen LogP contribution in [0.25, 0.3) is 0 Å². The summed E-state index contributed by atoms with van der Waals surface area (Å²) in [6.45, 7) is 4.59. The standard InChI is InChI=1S/C22H26FN3O4/c1-16(30-20-9-3-17(23)4-10-20)22(28)25(2)15-21(27)24-18-5-7-19(8-6-18)26-11-13-29-14-12-26/h3-10,16H,11-15H2,1-2H3,(H,24,27). The van der Waals surface area contributed by atoms with Gasteiger partial charge in [0.15, 0.2) is 6.10 Å². The van der Waals surface area contributed by atoms with Crippen molar-refractivity contribution in [2.24, 2.45) is 0 Å². The molecule has 1 N–H and O–H groups in total. The number of morpholine rings is 1. The minimum absolute atomic E-state index is 0.110. The summed E-state index contributed by atoms with van der Waals surface area (Å²) in [6.07, 6.45) is -0.805. The van der Waals surface area contributed by atoms with Crippen LogP contribution in [0.2, 0.25) is 0 Å². The minimum Gasteiger partial charge on any atom is -0.481 e. The fourth-order valence-corrected chi connectivity index (χ4v) is 3.15.